The first-order valence-corrected chi connectivity index (χ1v) is 11.9. The van der Waals surface area contributed by atoms with Gasteiger partial charge in [-0.2, -0.15) is 0 Å². The first kappa shape index (κ1) is 21.6. The lowest BCUT2D eigenvalue weighted by molar-refractivity contribution is -0.141. The van der Waals surface area contributed by atoms with Crippen LogP contribution in [0.4, 0.5) is 0 Å². The van der Waals surface area contributed by atoms with Crippen LogP contribution in [0.3, 0.4) is 0 Å². The van der Waals surface area contributed by atoms with Gasteiger partial charge in [0.1, 0.15) is 0 Å². The number of esters is 1. The lowest BCUT2D eigenvalue weighted by Crippen LogP contribution is -2.36. The van der Waals surface area contributed by atoms with Crippen LogP contribution in [0, 0.1) is 0 Å². The third-order valence-corrected chi connectivity index (χ3v) is 9.37. The van der Waals surface area contributed by atoms with E-state index >= 15 is 0 Å². The Bertz CT molecular complexity index is 257. The zero-order chi connectivity index (χ0) is 16.7. The summed E-state index contributed by atoms with van der Waals surface area (Å²) in [5, 5.41) is 0. The third kappa shape index (κ3) is 11.2. The molecule has 0 heterocycles. The fraction of sp³-hybridized carbons (Fsp3) is 0.944. The zero-order valence-corrected chi connectivity index (χ0v) is 16.4. The molecule has 3 nitrogen and oxygen atoms in total. The molecule has 0 amide bonds. The van der Waals surface area contributed by atoms with Gasteiger partial charge in [0.2, 0.25) is 0 Å². The largest absolute Gasteiger partial charge is 0.466 e. The van der Waals surface area contributed by atoms with Gasteiger partial charge in [-0.1, -0.05) is 59.3 Å². The molecule has 22 heavy (non-hydrogen) atoms. The van der Waals surface area contributed by atoms with E-state index in [9.17, 15) is 4.79 Å². The predicted molar refractivity (Wildman–Crippen MR) is 96.7 cm³/mol. The maximum atomic E-state index is 10.6. The molecule has 0 saturated carbocycles. The van der Waals surface area contributed by atoms with Crippen molar-refractivity contribution in [3.63, 3.8) is 0 Å². The van der Waals surface area contributed by atoms with Crippen LogP contribution in [-0.2, 0) is 14.0 Å². The summed E-state index contributed by atoms with van der Waals surface area (Å²) in [6.45, 7) is 9.91. The fourth-order valence-corrected chi connectivity index (χ4v) is 5.52. The van der Waals surface area contributed by atoms with Crippen molar-refractivity contribution in [3.05, 3.63) is 0 Å². The molecule has 0 rings (SSSR count). The van der Waals surface area contributed by atoms with Crippen LogP contribution in [0.15, 0.2) is 0 Å². The average Bonchev–Trinajstić information content (AvgIpc) is 2.52. The number of hydrogen-bond donors (Lipinski definition) is 0. The van der Waals surface area contributed by atoms with Gasteiger partial charge in [0, 0.05) is 13.5 Å². The van der Waals surface area contributed by atoms with Crippen LogP contribution in [0.5, 0.6) is 0 Å². The van der Waals surface area contributed by atoms with Gasteiger partial charge in [-0.05, 0) is 31.0 Å². The second-order valence-electron chi connectivity index (χ2n) is 6.26. The highest BCUT2D eigenvalue weighted by atomic mass is 28.4. The molecule has 0 aliphatic heterocycles. The first-order chi connectivity index (χ1) is 10.6. The minimum absolute atomic E-state index is 0.163. The molecular formula is C18H38O3Si. The molecule has 0 aromatic rings. The van der Waals surface area contributed by atoms with Crippen LogP contribution in [0.25, 0.3) is 0 Å². The van der Waals surface area contributed by atoms with E-state index in [0.29, 0.717) is 6.61 Å². The van der Waals surface area contributed by atoms with Crippen molar-refractivity contribution in [3.8, 4) is 0 Å². The predicted octanol–water partition coefficient (Wildman–Crippen LogP) is 5.69. The van der Waals surface area contributed by atoms with Gasteiger partial charge in [-0.25, -0.2) is 0 Å². The van der Waals surface area contributed by atoms with E-state index in [2.05, 4.69) is 20.8 Å². The van der Waals surface area contributed by atoms with Crippen molar-refractivity contribution in [2.24, 2.45) is 0 Å². The molecule has 0 fully saturated rings. The van der Waals surface area contributed by atoms with Crippen LogP contribution in [0.1, 0.15) is 79.1 Å². The van der Waals surface area contributed by atoms with Crippen molar-refractivity contribution in [2.45, 2.75) is 97.2 Å². The van der Waals surface area contributed by atoms with E-state index in [4.69, 9.17) is 9.16 Å². The lowest BCUT2D eigenvalue weighted by Gasteiger charge is -2.27. The second-order valence-corrected chi connectivity index (χ2v) is 11.0. The topological polar surface area (TPSA) is 35.5 Å². The maximum absolute atomic E-state index is 10.6. The Morgan fingerprint density at radius 1 is 0.727 bits per heavy atom. The van der Waals surface area contributed by atoms with Crippen LogP contribution in [0.2, 0.25) is 18.1 Å². The number of hydrogen-bond acceptors (Lipinski definition) is 3. The quantitative estimate of drug-likeness (QED) is 0.220. The highest BCUT2D eigenvalue weighted by Crippen LogP contribution is 2.22. The highest BCUT2D eigenvalue weighted by molar-refractivity contribution is 6.73. The van der Waals surface area contributed by atoms with Crippen LogP contribution < -0.4 is 0 Å². The van der Waals surface area contributed by atoms with Gasteiger partial charge in [0.25, 0.3) is 0 Å². The number of unbranched alkanes of at least 4 members (excludes halogenated alkanes) is 7. The summed E-state index contributed by atoms with van der Waals surface area (Å²) in [4.78, 5) is 10.6. The van der Waals surface area contributed by atoms with Crippen molar-refractivity contribution in [1.82, 2.24) is 0 Å². The molecule has 0 N–H and O–H groups in total. The molecular weight excluding hydrogens is 292 g/mol. The molecule has 0 saturated heterocycles. The third-order valence-electron chi connectivity index (χ3n) is 4.69. The Hall–Kier alpha value is -0.353. The van der Waals surface area contributed by atoms with E-state index in [1.165, 1.54) is 70.0 Å². The standard InChI is InChI=1S/C18H38O3Si/c1-5-22(6-2,7-3)21-17-15-13-11-9-8-10-12-14-16-20-18(4)19/h5-17H2,1-4H3. The molecule has 0 bridgehead atoms. The average molecular weight is 331 g/mol. The smallest absolute Gasteiger partial charge is 0.302 e. The monoisotopic (exact) mass is 330 g/mol. The summed E-state index contributed by atoms with van der Waals surface area (Å²) in [5.74, 6) is -0.163. The van der Waals surface area contributed by atoms with Gasteiger partial charge < -0.3 is 9.16 Å². The molecule has 0 atom stereocenters. The number of carbonyl (C=O) groups excluding carboxylic acids is 1. The van der Waals surface area contributed by atoms with E-state index < -0.39 is 8.32 Å². The van der Waals surface area contributed by atoms with Crippen molar-refractivity contribution in [2.75, 3.05) is 13.2 Å². The molecule has 0 spiro atoms. The van der Waals surface area contributed by atoms with Gasteiger partial charge in [0.05, 0.1) is 6.61 Å². The van der Waals surface area contributed by atoms with Crippen LogP contribution in [-0.4, -0.2) is 27.5 Å². The molecule has 0 aliphatic rings. The molecule has 0 radical (unpaired) electrons. The second kappa shape index (κ2) is 14.3. The summed E-state index contributed by atoms with van der Waals surface area (Å²) in [6, 6.07) is 3.77. The van der Waals surface area contributed by atoms with E-state index in [-0.39, 0.29) is 5.97 Å². The normalized spacial score (nSPS) is 11.6. The minimum Gasteiger partial charge on any atom is -0.466 e. The van der Waals surface area contributed by atoms with Gasteiger partial charge in [-0.3, -0.25) is 4.79 Å². The summed E-state index contributed by atoms with van der Waals surface area (Å²) >= 11 is 0. The van der Waals surface area contributed by atoms with Gasteiger partial charge in [-0.15, -0.1) is 0 Å². The Morgan fingerprint density at radius 2 is 1.14 bits per heavy atom. The lowest BCUT2D eigenvalue weighted by atomic mass is 10.1. The SMILES string of the molecule is CC[Si](CC)(CC)OCCCCCCCCCCOC(C)=O. The number of ether oxygens (including phenoxy) is 1. The number of carbonyl (C=O) groups is 1. The molecule has 0 aromatic carbocycles. The summed E-state index contributed by atoms with van der Waals surface area (Å²) in [5.41, 5.74) is 0. The molecule has 0 aromatic heterocycles. The minimum atomic E-state index is -1.36. The summed E-state index contributed by atoms with van der Waals surface area (Å²) in [6.07, 6.45) is 9.92. The van der Waals surface area contributed by atoms with Crippen molar-refractivity contribution in [1.29, 1.82) is 0 Å². The van der Waals surface area contributed by atoms with Crippen molar-refractivity contribution < 1.29 is 14.0 Å². The summed E-state index contributed by atoms with van der Waals surface area (Å²) < 4.78 is 11.2. The Labute approximate surface area is 139 Å². The molecule has 0 aliphatic carbocycles. The van der Waals surface area contributed by atoms with Gasteiger partial charge >= 0.3 is 5.97 Å². The van der Waals surface area contributed by atoms with Crippen molar-refractivity contribution >= 4 is 14.3 Å². The van der Waals surface area contributed by atoms with E-state index in [0.717, 1.165) is 13.0 Å². The summed E-state index contributed by atoms with van der Waals surface area (Å²) in [7, 11) is -1.36. The Balaban J connectivity index is 3.32. The van der Waals surface area contributed by atoms with Gasteiger partial charge in [0.15, 0.2) is 8.32 Å². The Morgan fingerprint density at radius 3 is 1.55 bits per heavy atom. The zero-order valence-electron chi connectivity index (χ0n) is 15.4. The van der Waals surface area contributed by atoms with E-state index in [1.54, 1.807) is 0 Å². The molecule has 4 heteroatoms. The van der Waals surface area contributed by atoms with Crippen LogP contribution >= 0.6 is 0 Å². The number of rotatable bonds is 15. The fourth-order valence-electron chi connectivity index (χ4n) is 2.83. The highest BCUT2D eigenvalue weighted by Gasteiger charge is 2.27. The molecule has 132 valence electrons. The first-order valence-electron chi connectivity index (χ1n) is 9.37. The Kier molecular flexibility index (Phi) is 14.0. The van der Waals surface area contributed by atoms with E-state index in [1.807, 2.05) is 0 Å². The molecule has 0 unspecified atom stereocenters. The maximum Gasteiger partial charge on any atom is 0.302 e.